The van der Waals surface area contributed by atoms with E-state index in [9.17, 15) is 19.8 Å². The molecule has 88 valence electrons. The molecule has 0 aliphatic carbocycles. The molecule has 0 aromatic rings. The molecular formula is C12H14BaO4. The van der Waals surface area contributed by atoms with Crippen LogP contribution in [0.5, 0.6) is 0 Å². The van der Waals surface area contributed by atoms with Gasteiger partial charge in [0.2, 0.25) is 0 Å². The second-order valence-electron chi connectivity index (χ2n) is 2.41. The summed E-state index contributed by atoms with van der Waals surface area (Å²) in [7, 11) is 0. The van der Waals surface area contributed by atoms with Gasteiger partial charge in [0.15, 0.2) is 0 Å². The summed E-state index contributed by atoms with van der Waals surface area (Å²) in [5.74, 6) is -2.33. The van der Waals surface area contributed by atoms with Crippen LogP contribution >= 0.6 is 0 Å². The second kappa shape index (κ2) is 17.9. The van der Waals surface area contributed by atoms with Crippen LogP contribution in [-0.2, 0) is 9.59 Å². The van der Waals surface area contributed by atoms with Gasteiger partial charge in [-0.05, 0) is 26.0 Å². The Kier molecular flexibility index (Phi) is 22.8. The van der Waals surface area contributed by atoms with Crippen LogP contribution in [0, 0.1) is 0 Å². The first-order valence-electron chi connectivity index (χ1n) is 4.55. The van der Waals surface area contributed by atoms with Gasteiger partial charge in [-0.2, -0.15) is 0 Å². The third kappa shape index (κ3) is 31.3. The molecular weight excluding hydrogens is 345 g/mol. The van der Waals surface area contributed by atoms with E-state index in [1.54, 1.807) is 38.2 Å². The van der Waals surface area contributed by atoms with Crippen LogP contribution in [-0.4, -0.2) is 60.8 Å². The molecule has 5 heteroatoms. The van der Waals surface area contributed by atoms with Crippen LogP contribution in [0.25, 0.3) is 0 Å². The number of carboxylic acid groups (broad SMARTS) is 2. The Balaban J connectivity index is -0.000000218. The summed E-state index contributed by atoms with van der Waals surface area (Å²) in [5.41, 5.74) is 0. The maximum absolute atomic E-state index is 9.64. The third-order valence-corrected chi connectivity index (χ3v) is 1.07. The fourth-order valence-electron chi connectivity index (χ4n) is 0.490. The standard InChI is InChI=1S/2C6H8O2.Ba/c2*1-2-3-4-5-6(7)8;/h2*2-5H,1H3,(H,7,8);/q;;+2/p-2. The summed E-state index contributed by atoms with van der Waals surface area (Å²) in [5, 5.41) is 19.3. The molecule has 0 radical (unpaired) electrons. The summed E-state index contributed by atoms with van der Waals surface area (Å²) < 4.78 is 0. The fraction of sp³-hybridized carbons (Fsp3) is 0.167. The van der Waals surface area contributed by atoms with Gasteiger partial charge in [0.1, 0.15) is 0 Å². The predicted octanol–water partition coefficient (Wildman–Crippen LogP) is -0.644. The van der Waals surface area contributed by atoms with Crippen LogP contribution in [0.15, 0.2) is 48.6 Å². The Morgan fingerprint density at radius 3 is 1.24 bits per heavy atom. The van der Waals surface area contributed by atoms with E-state index in [-0.39, 0.29) is 48.9 Å². The van der Waals surface area contributed by atoms with Crippen LogP contribution in [0.4, 0.5) is 0 Å². The quantitative estimate of drug-likeness (QED) is 0.380. The van der Waals surface area contributed by atoms with Crippen molar-refractivity contribution in [1.82, 2.24) is 0 Å². The average Bonchev–Trinajstić information content (AvgIpc) is 2.18. The molecule has 0 amide bonds. The van der Waals surface area contributed by atoms with Gasteiger partial charge in [-0.15, -0.1) is 0 Å². The Bertz CT molecular complexity index is 282. The van der Waals surface area contributed by atoms with Crippen molar-refractivity contribution in [2.75, 3.05) is 0 Å². The number of carbonyl (C=O) groups excluding carboxylic acids is 2. The van der Waals surface area contributed by atoms with Crippen molar-refractivity contribution in [1.29, 1.82) is 0 Å². The summed E-state index contributed by atoms with van der Waals surface area (Å²) in [6, 6.07) is 0. The van der Waals surface area contributed by atoms with Gasteiger partial charge in [0.05, 0.1) is 11.9 Å². The smallest absolute Gasteiger partial charge is 0.545 e. The molecule has 0 heterocycles. The van der Waals surface area contributed by atoms with E-state index in [1.165, 1.54) is 12.2 Å². The Labute approximate surface area is 141 Å². The molecule has 0 fully saturated rings. The predicted molar refractivity (Wildman–Crippen MR) is 63.7 cm³/mol. The van der Waals surface area contributed by atoms with Gasteiger partial charge >= 0.3 is 48.9 Å². The van der Waals surface area contributed by atoms with E-state index < -0.39 is 11.9 Å². The third-order valence-electron chi connectivity index (χ3n) is 1.07. The molecule has 0 aromatic heterocycles. The zero-order valence-electron chi connectivity index (χ0n) is 9.96. The van der Waals surface area contributed by atoms with Gasteiger partial charge in [-0.25, -0.2) is 0 Å². The normalized spacial score (nSPS) is 10.5. The number of rotatable bonds is 4. The van der Waals surface area contributed by atoms with Crippen molar-refractivity contribution in [3.8, 4) is 0 Å². The Morgan fingerprint density at radius 1 is 0.765 bits per heavy atom. The van der Waals surface area contributed by atoms with Crippen molar-refractivity contribution in [2.45, 2.75) is 13.8 Å². The molecule has 0 aliphatic rings. The Hall–Kier alpha value is -0.529. The van der Waals surface area contributed by atoms with Gasteiger partial charge in [-0.3, -0.25) is 0 Å². The van der Waals surface area contributed by atoms with Crippen molar-refractivity contribution in [3.05, 3.63) is 48.6 Å². The van der Waals surface area contributed by atoms with Crippen molar-refractivity contribution >= 4 is 60.8 Å². The molecule has 0 aromatic carbocycles. The van der Waals surface area contributed by atoms with E-state index in [1.807, 2.05) is 0 Å². The molecule has 0 unspecified atom stereocenters. The van der Waals surface area contributed by atoms with Crippen LogP contribution in [0.2, 0.25) is 0 Å². The molecule has 0 saturated heterocycles. The van der Waals surface area contributed by atoms with Gasteiger partial charge < -0.3 is 19.8 Å². The minimum absolute atomic E-state index is 0. The number of carboxylic acids is 2. The number of carbonyl (C=O) groups is 2. The van der Waals surface area contributed by atoms with Gasteiger partial charge in [0.25, 0.3) is 0 Å². The number of aliphatic carboxylic acids is 2. The monoisotopic (exact) mass is 360 g/mol. The van der Waals surface area contributed by atoms with Crippen molar-refractivity contribution in [3.63, 3.8) is 0 Å². The van der Waals surface area contributed by atoms with E-state index in [2.05, 4.69) is 0 Å². The molecule has 4 nitrogen and oxygen atoms in total. The van der Waals surface area contributed by atoms with Crippen LogP contribution in [0.3, 0.4) is 0 Å². The first-order valence-corrected chi connectivity index (χ1v) is 4.55. The summed E-state index contributed by atoms with van der Waals surface area (Å²) >= 11 is 0. The van der Waals surface area contributed by atoms with E-state index >= 15 is 0 Å². The summed E-state index contributed by atoms with van der Waals surface area (Å²) in [6.07, 6.45) is 11.5. The van der Waals surface area contributed by atoms with E-state index in [4.69, 9.17) is 0 Å². The van der Waals surface area contributed by atoms with Crippen LogP contribution in [0.1, 0.15) is 13.8 Å². The summed E-state index contributed by atoms with van der Waals surface area (Å²) in [6.45, 7) is 3.61. The maximum atomic E-state index is 9.64. The largest absolute Gasteiger partial charge is 2.00 e. The molecule has 0 rings (SSSR count). The number of hydrogen-bond acceptors (Lipinski definition) is 4. The zero-order chi connectivity index (χ0) is 12.8. The molecule has 0 aliphatic heterocycles. The SMILES string of the molecule is CC=CC=CC(=O)[O-].CC=CC=CC(=O)[O-].[Ba+2]. The molecule has 0 bridgehead atoms. The maximum Gasteiger partial charge on any atom is 2.00 e. The number of allylic oxidation sites excluding steroid dienone is 6. The minimum Gasteiger partial charge on any atom is -0.545 e. The Morgan fingerprint density at radius 2 is 1.06 bits per heavy atom. The topological polar surface area (TPSA) is 80.3 Å². The van der Waals surface area contributed by atoms with Crippen molar-refractivity contribution in [2.24, 2.45) is 0 Å². The van der Waals surface area contributed by atoms with Crippen LogP contribution < -0.4 is 10.2 Å². The fourth-order valence-corrected chi connectivity index (χ4v) is 0.490. The summed E-state index contributed by atoms with van der Waals surface area (Å²) in [4.78, 5) is 19.3. The minimum atomic E-state index is -1.16. The van der Waals surface area contributed by atoms with Crippen molar-refractivity contribution < 1.29 is 19.8 Å². The molecule has 0 saturated carbocycles. The second-order valence-corrected chi connectivity index (χ2v) is 2.41. The molecule has 0 atom stereocenters. The average molecular weight is 360 g/mol. The van der Waals surface area contributed by atoms with Gasteiger partial charge in [0, 0.05) is 0 Å². The molecule has 17 heavy (non-hydrogen) atoms. The number of hydrogen-bond donors (Lipinski definition) is 0. The molecule has 0 N–H and O–H groups in total. The first kappa shape index (κ1) is 21.7. The van der Waals surface area contributed by atoms with E-state index in [0.717, 1.165) is 12.2 Å². The zero-order valence-corrected chi connectivity index (χ0v) is 14.4. The van der Waals surface area contributed by atoms with E-state index in [0.29, 0.717) is 0 Å². The molecule has 0 spiro atoms. The van der Waals surface area contributed by atoms with Gasteiger partial charge in [-0.1, -0.05) is 36.5 Å². The first-order chi connectivity index (χ1) is 7.54.